The molecule has 0 saturated carbocycles. The Bertz CT molecular complexity index is 660. The third-order valence-electron chi connectivity index (χ3n) is 2.59. The smallest absolute Gasteiger partial charge is 0.273 e. The van der Waals surface area contributed by atoms with Crippen LogP contribution in [0.4, 0.5) is 5.69 Å². The SMILES string of the molecule is Cc1cc(Oc2ccccc2)c(C#N)cc1[N+](=O)[O-]. The first kappa shape index (κ1) is 12.6. The number of hydrogen-bond acceptors (Lipinski definition) is 4. The molecule has 0 heterocycles. The Kier molecular flexibility index (Phi) is 3.44. The van der Waals surface area contributed by atoms with Crippen LogP contribution in [-0.4, -0.2) is 4.92 Å². The van der Waals surface area contributed by atoms with Gasteiger partial charge in [0, 0.05) is 11.6 Å². The molecule has 0 amide bonds. The van der Waals surface area contributed by atoms with E-state index in [1.807, 2.05) is 12.1 Å². The highest BCUT2D eigenvalue weighted by Crippen LogP contribution is 2.31. The van der Waals surface area contributed by atoms with Gasteiger partial charge in [-0.25, -0.2) is 0 Å². The van der Waals surface area contributed by atoms with Gasteiger partial charge < -0.3 is 4.74 Å². The van der Waals surface area contributed by atoms with Gasteiger partial charge in [0.25, 0.3) is 5.69 Å². The summed E-state index contributed by atoms with van der Waals surface area (Å²) in [6, 6.07) is 13.6. The fraction of sp³-hybridized carbons (Fsp3) is 0.0714. The first-order chi connectivity index (χ1) is 9.11. The van der Waals surface area contributed by atoms with Crippen molar-refractivity contribution in [3.8, 4) is 17.6 Å². The van der Waals surface area contributed by atoms with Gasteiger partial charge in [0.1, 0.15) is 23.1 Å². The zero-order valence-corrected chi connectivity index (χ0v) is 10.2. The molecule has 0 atom stereocenters. The van der Waals surface area contributed by atoms with Crippen LogP contribution in [0.25, 0.3) is 0 Å². The number of ether oxygens (including phenoxy) is 1. The van der Waals surface area contributed by atoms with Crippen molar-refractivity contribution in [1.82, 2.24) is 0 Å². The van der Waals surface area contributed by atoms with Gasteiger partial charge in [-0.1, -0.05) is 18.2 Å². The fourth-order valence-corrected chi connectivity index (χ4v) is 1.65. The van der Waals surface area contributed by atoms with Crippen molar-refractivity contribution in [1.29, 1.82) is 5.26 Å². The quantitative estimate of drug-likeness (QED) is 0.619. The maximum atomic E-state index is 10.8. The van der Waals surface area contributed by atoms with Crippen LogP contribution in [-0.2, 0) is 0 Å². The van der Waals surface area contributed by atoms with Gasteiger partial charge in [0.2, 0.25) is 0 Å². The summed E-state index contributed by atoms with van der Waals surface area (Å²) in [4.78, 5) is 10.3. The van der Waals surface area contributed by atoms with E-state index in [4.69, 9.17) is 10.00 Å². The van der Waals surface area contributed by atoms with Gasteiger partial charge in [-0.05, 0) is 25.1 Å². The molecule has 0 aliphatic heterocycles. The normalized spacial score (nSPS) is 9.68. The van der Waals surface area contributed by atoms with Crippen LogP contribution >= 0.6 is 0 Å². The minimum Gasteiger partial charge on any atom is -0.456 e. The van der Waals surface area contributed by atoms with E-state index >= 15 is 0 Å². The van der Waals surface area contributed by atoms with Crippen molar-refractivity contribution in [2.24, 2.45) is 0 Å². The summed E-state index contributed by atoms with van der Waals surface area (Å²) < 4.78 is 5.57. The summed E-state index contributed by atoms with van der Waals surface area (Å²) in [6.07, 6.45) is 0. The molecule has 19 heavy (non-hydrogen) atoms. The second kappa shape index (κ2) is 5.19. The molecule has 2 rings (SSSR count). The molecule has 5 nitrogen and oxygen atoms in total. The van der Waals surface area contributed by atoms with Gasteiger partial charge >= 0.3 is 0 Å². The van der Waals surface area contributed by atoms with Crippen LogP contribution < -0.4 is 4.74 Å². The minimum absolute atomic E-state index is 0.0861. The maximum Gasteiger partial charge on any atom is 0.273 e. The van der Waals surface area contributed by atoms with Gasteiger partial charge in [-0.3, -0.25) is 10.1 Å². The molecule has 0 aliphatic rings. The fourth-order valence-electron chi connectivity index (χ4n) is 1.65. The number of nitro groups is 1. The van der Waals surface area contributed by atoms with Crippen LogP contribution in [0, 0.1) is 28.4 Å². The molecule has 2 aromatic rings. The number of para-hydroxylation sites is 1. The summed E-state index contributed by atoms with van der Waals surface area (Å²) in [7, 11) is 0. The number of nitriles is 1. The van der Waals surface area contributed by atoms with Crippen LogP contribution in [0.3, 0.4) is 0 Å². The highest BCUT2D eigenvalue weighted by Gasteiger charge is 2.16. The van der Waals surface area contributed by atoms with Crippen molar-refractivity contribution in [3.63, 3.8) is 0 Å². The van der Waals surface area contributed by atoms with E-state index in [2.05, 4.69) is 0 Å². The summed E-state index contributed by atoms with van der Waals surface area (Å²) in [5.74, 6) is 0.893. The third kappa shape index (κ3) is 2.69. The van der Waals surface area contributed by atoms with Gasteiger partial charge in [-0.15, -0.1) is 0 Å². The lowest BCUT2D eigenvalue weighted by molar-refractivity contribution is -0.385. The van der Waals surface area contributed by atoms with E-state index in [0.717, 1.165) is 0 Å². The summed E-state index contributed by atoms with van der Waals surface area (Å²) in [5.41, 5.74) is 0.507. The molecule has 94 valence electrons. The number of hydrogen-bond donors (Lipinski definition) is 0. The Morgan fingerprint density at radius 3 is 2.53 bits per heavy atom. The van der Waals surface area contributed by atoms with E-state index in [1.165, 1.54) is 12.1 Å². The molecular weight excluding hydrogens is 244 g/mol. The lowest BCUT2D eigenvalue weighted by atomic mass is 10.1. The number of benzene rings is 2. The molecule has 0 N–H and O–H groups in total. The molecule has 0 aromatic heterocycles. The second-order valence-corrected chi connectivity index (χ2v) is 3.92. The van der Waals surface area contributed by atoms with Gasteiger partial charge in [0.05, 0.1) is 4.92 Å². The van der Waals surface area contributed by atoms with Crippen LogP contribution in [0.1, 0.15) is 11.1 Å². The Morgan fingerprint density at radius 2 is 1.95 bits per heavy atom. The van der Waals surface area contributed by atoms with Crippen molar-refractivity contribution in [2.45, 2.75) is 6.92 Å². The Hall–Kier alpha value is -2.87. The number of aryl methyl sites for hydroxylation is 1. The second-order valence-electron chi connectivity index (χ2n) is 3.92. The molecule has 0 spiro atoms. The van der Waals surface area contributed by atoms with Crippen LogP contribution in [0.15, 0.2) is 42.5 Å². The molecule has 0 bridgehead atoms. The Balaban J connectivity index is 2.44. The average Bonchev–Trinajstić information content (AvgIpc) is 2.39. The van der Waals surface area contributed by atoms with E-state index < -0.39 is 4.92 Å². The zero-order valence-electron chi connectivity index (χ0n) is 10.2. The van der Waals surface area contributed by atoms with Crippen molar-refractivity contribution < 1.29 is 9.66 Å². The number of nitrogens with zero attached hydrogens (tertiary/aromatic N) is 2. The molecule has 2 aromatic carbocycles. The lowest BCUT2D eigenvalue weighted by Gasteiger charge is -2.08. The number of rotatable bonds is 3. The molecular formula is C14H10N2O3. The predicted molar refractivity (Wildman–Crippen MR) is 69.1 cm³/mol. The lowest BCUT2D eigenvalue weighted by Crippen LogP contribution is -1.95. The molecule has 0 radical (unpaired) electrons. The molecule has 0 unspecified atom stereocenters. The van der Waals surface area contributed by atoms with Crippen LogP contribution in [0.2, 0.25) is 0 Å². The van der Waals surface area contributed by atoms with Crippen molar-refractivity contribution >= 4 is 5.69 Å². The average molecular weight is 254 g/mol. The minimum atomic E-state index is -0.511. The van der Waals surface area contributed by atoms with E-state index in [9.17, 15) is 10.1 Å². The van der Waals surface area contributed by atoms with E-state index in [-0.39, 0.29) is 11.3 Å². The van der Waals surface area contributed by atoms with Crippen LogP contribution in [0.5, 0.6) is 11.5 Å². The molecule has 5 heteroatoms. The topological polar surface area (TPSA) is 76.2 Å². The van der Waals surface area contributed by atoms with Crippen molar-refractivity contribution in [3.05, 3.63) is 63.7 Å². The van der Waals surface area contributed by atoms with Crippen molar-refractivity contribution in [2.75, 3.05) is 0 Å². The maximum absolute atomic E-state index is 10.8. The number of nitro benzene ring substituents is 1. The summed E-state index contributed by atoms with van der Waals surface area (Å²) in [5, 5.41) is 19.9. The first-order valence-electron chi connectivity index (χ1n) is 5.54. The molecule has 0 aliphatic carbocycles. The largest absolute Gasteiger partial charge is 0.456 e. The first-order valence-corrected chi connectivity index (χ1v) is 5.54. The Labute approximate surface area is 109 Å². The molecule has 0 saturated heterocycles. The standard InChI is InChI=1S/C14H10N2O3/c1-10-7-14(19-12-5-3-2-4-6-12)11(9-15)8-13(10)16(17)18/h2-8H,1H3. The highest BCUT2D eigenvalue weighted by atomic mass is 16.6. The predicted octanol–water partition coefficient (Wildman–Crippen LogP) is 3.57. The van der Waals surface area contributed by atoms with E-state index in [0.29, 0.717) is 17.1 Å². The Morgan fingerprint density at radius 1 is 1.26 bits per heavy atom. The highest BCUT2D eigenvalue weighted by molar-refractivity contribution is 5.55. The zero-order chi connectivity index (χ0) is 13.8. The van der Waals surface area contributed by atoms with E-state index in [1.54, 1.807) is 31.2 Å². The monoisotopic (exact) mass is 254 g/mol. The van der Waals surface area contributed by atoms with Gasteiger partial charge in [0.15, 0.2) is 0 Å². The van der Waals surface area contributed by atoms with Gasteiger partial charge in [-0.2, -0.15) is 5.26 Å². The summed E-state index contributed by atoms with van der Waals surface area (Å²) >= 11 is 0. The third-order valence-corrected chi connectivity index (χ3v) is 2.59. The molecule has 0 fully saturated rings. The summed E-state index contributed by atoms with van der Waals surface area (Å²) in [6.45, 7) is 1.61.